The average molecular weight is 332 g/mol. The Morgan fingerprint density at radius 3 is 2.46 bits per heavy atom. The Kier molecular flexibility index (Phi) is 4.97. The van der Waals surface area contributed by atoms with Gasteiger partial charge in [-0.05, 0) is 19.8 Å². The van der Waals surface area contributed by atoms with Crippen molar-refractivity contribution >= 4 is 17.5 Å². The molecular weight excluding hydrogens is 308 g/mol. The van der Waals surface area contributed by atoms with Gasteiger partial charge in [-0.2, -0.15) is 4.98 Å². The van der Waals surface area contributed by atoms with E-state index in [-0.39, 0.29) is 17.6 Å². The molecule has 1 saturated heterocycles. The minimum atomic E-state index is 0.0237. The lowest BCUT2D eigenvalue weighted by Crippen LogP contribution is -2.51. The largest absolute Gasteiger partial charge is 0.481 e. The Hall–Kier alpha value is -2.18. The number of methoxy groups -OCH3 is 1. The average Bonchev–Trinajstić information content (AvgIpc) is 2.61. The Morgan fingerprint density at radius 2 is 1.83 bits per heavy atom. The zero-order valence-corrected chi connectivity index (χ0v) is 14.3. The van der Waals surface area contributed by atoms with Crippen molar-refractivity contribution in [3.05, 3.63) is 11.9 Å². The molecule has 0 bridgehead atoms. The molecule has 3 rings (SSSR count). The molecule has 0 atom stereocenters. The fourth-order valence-corrected chi connectivity index (χ4v) is 3.39. The molecule has 2 heterocycles. The number of ether oxygens (including phenoxy) is 1. The van der Waals surface area contributed by atoms with Gasteiger partial charge in [0.1, 0.15) is 17.4 Å². The molecule has 1 aromatic rings. The molecule has 1 aliphatic carbocycles. The number of carbonyl (C=O) groups is 2. The highest BCUT2D eigenvalue weighted by Crippen LogP contribution is 2.25. The number of aryl methyl sites for hydroxylation is 1. The SMILES string of the molecule is COc1cc(N2CCN(C(=O)C3CCC(=O)CC3)CC2)nc(C)n1. The van der Waals surface area contributed by atoms with E-state index in [2.05, 4.69) is 14.9 Å². The maximum atomic E-state index is 12.6. The first kappa shape index (κ1) is 16.7. The number of hydrogen-bond acceptors (Lipinski definition) is 6. The van der Waals surface area contributed by atoms with Gasteiger partial charge in [0.25, 0.3) is 0 Å². The van der Waals surface area contributed by atoms with Crippen LogP contribution in [0, 0.1) is 12.8 Å². The van der Waals surface area contributed by atoms with Crippen molar-refractivity contribution in [2.45, 2.75) is 32.6 Å². The van der Waals surface area contributed by atoms with Crippen molar-refractivity contribution in [1.82, 2.24) is 14.9 Å². The van der Waals surface area contributed by atoms with Gasteiger partial charge >= 0.3 is 0 Å². The van der Waals surface area contributed by atoms with Gasteiger partial charge in [-0.1, -0.05) is 0 Å². The van der Waals surface area contributed by atoms with Gasteiger partial charge in [0.15, 0.2) is 0 Å². The van der Waals surface area contributed by atoms with E-state index in [1.807, 2.05) is 17.9 Å². The smallest absolute Gasteiger partial charge is 0.225 e. The number of hydrogen-bond donors (Lipinski definition) is 0. The van der Waals surface area contributed by atoms with Crippen LogP contribution in [0.2, 0.25) is 0 Å². The van der Waals surface area contributed by atoms with E-state index in [4.69, 9.17) is 4.74 Å². The van der Waals surface area contributed by atoms with Gasteiger partial charge in [0, 0.05) is 51.0 Å². The lowest BCUT2D eigenvalue weighted by atomic mass is 9.87. The van der Waals surface area contributed by atoms with Crippen LogP contribution in [0.15, 0.2) is 6.07 Å². The molecule has 0 spiro atoms. The molecule has 2 fully saturated rings. The van der Waals surface area contributed by atoms with Gasteiger partial charge in [-0.3, -0.25) is 9.59 Å². The van der Waals surface area contributed by atoms with Gasteiger partial charge in [0.2, 0.25) is 11.8 Å². The molecule has 1 saturated carbocycles. The summed E-state index contributed by atoms with van der Waals surface area (Å²) in [4.78, 5) is 36.7. The monoisotopic (exact) mass is 332 g/mol. The third-order valence-electron chi connectivity index (χ3n) is 4.82. The maximum absolute atomic E-state index is 12.6. The lowest BCUT2D eigenvalue weighted by Gasteiger charge is -2.37. The van der Waals surface area contributed by atoms with Crippen LogP contribution in [-0.2, 0) is 9.59 Å². The van der Waals surface area contributed by atoms with Crippen LogP contribution in [-0.4, -0.2) is 59.8 Å². The van der Waals surface area contributed by atoms with E-state index < -0.39 is 0 Å². The summed E-state index contributed by atoms with van der Waals surface area (Å²) in [5.74, 6) is 2.60. The molecule has 0 radical (unpaired) electrons. The van der Waals surface area contributed by atoms with Crippen molar-refractivity contribution in [3.8, 4) is 5.88 Å². The summed E-state index contributed by atoms with van der Waals surface area (Å²) in [5, 5.41) is 0. The summed E-state index contributed by atoms with van der Waals surface area (Å²) < 4.78 is 5.20. The summed E-state index contributed by atoms with van der Waals surface area (Å²) in [6.45, 7) is 4.72. The molecule has 1 aliphatic heterocycles. The van der Waals surface area contributed by atoms with Gasteiger partial charge in [0.05, 0.1) is 7.11 Å². The van der Waals surface area contributed by atoms with Crippen molar-refractivity contribution in [1.29, 1.82) is 0 Å². The quantitative estimate of drug-likeness (QED) is 0.828. The lowest BCUT2D eigenvalue weighted by molar-refractivity contribution is -0.137. The van der Waals surface area contributed by atoms with E-state index in [9.17, 15) is 9.59 Å². The fourth-order valence-electron chi connectivity index (χ4n) is 3.39. The topological polar surface area (TPSA) is 75.6 Å². The number of anilines is 1. The summed E-state index contributed by atoms with van der Waals surface area (Å²) in [5.41, 5.74) is 0. The van der Waals surface area contributed by atoms with Crippen LogP contribution in [0.5, 0.6) is 5.88 Å². The summed E-state index contributed by atoms with van der Waals surface area (Å²) in [6.07, 6.45) is 2.52. The second-order valence-electron chi connectivity index (χ2n) is 6.44. The van der Waals surface area contributed by atoms with Crippen LogP contribution < -0.4 is 9.64 Å². The third-order valence-corrected chi connectivity index (χ3v) is 4.82. The molecule has 7 heteroatoms. The minimum absolute atomic E-state index is 0.0237. The van der Waals surface area contributed by atoms with E-state index in [0.29, 0.717) is 50.5 Å². The highest BCUT2D eigenvalue weighted by molar-refractivity contribution is 5.84. The molecular formula is C17H24N4O3. The van der Waals surface area contributed by atoms with E-state index in [1.165, 1.54) is 0 Å². The van der Waals surface area contributed by atoms with Crippen LogP contribution in [0.4, 0.5) is 5.82 Å². The van der Waals surface area contributed by atoms with Crippen LogP contribution in [0.1, 0.15) is 31.5 Å². The molecule has 1 amide bonds. The third kappa shape index (κ3) is 3.66. The van der Waals surface area contributed by atoms with Crippen LogP contribution >= 0.6 is 0 Å². The normalized spacial score (nSPS) is 19.5. The molecule has 7 nitrogen and oxygen atoms in total. The number of rotatable bonds is 3. The summed E-state index contributed by atoms with van der Waals surface area (Å²) in [6, 6.07) is 1.83. The Labute approximate surface area is 142 Å². The highest BCUT2D eigenvalue weighted by Gasteiger charge is 2.30. The fraction of sp³-hybridized carbons (Fsp3) is 0.647. The molecule has 0 N–H and O–H groups in total. The first-order valence-corrected chi connectivity index (χ1v) is 8.52. The predicted octanol–water partition coefficient (Wildman–Crippen LogP) is 1.20. The van der Waals surface area contributed by atoms with Gasteiger partial charge in [-0.25, -0.2) is 4.98 Å². The maximum Gasteiger partial charge on any atom is 0.225 e. The summed E-state index contributed by atoms with van der Waals surface area (Å²) >= 11 is 0. The first-order chi connectivity index (χ1) is 11.6. The molecule has 24 heavy (non-hydrogen) atoms. The standard InChI is InChI=1S/C17H24N4O3/c1-12-18-15(11-16(19-12)24-2)20-7-9-21(10-8-20)17(23)13-3-5-14(22)6-4-13/h11,13H,3-10H2,1-2H3. The zero-order valence-electron chi connectivity index (χ0n) is 14.3. The number of ketones is 1. The first-order valence-electron chi connectivity index (χ1n) is 8.52. The number of amides is 1. The number of carbonyl (C=O) groups excluding carboxylic acids is 2. The second-order valence-corrected chi connectivity index (χ2v) is 6.44. The molecule has 1 aromatic heterocycles. The van der Waals surface area contributed by atoms with E-state index >= 15 is 0 Å². The predicted molar refractivity (Wildman–Crippen MR) is 89.1 cm³/mol. The highest BCUT2D eigenvalue weighted by atomic mass is 16.5. The van der Waals surface area contributed by atoms with Crippen molar-refractivity contribution in [2.75, 3.05) is 38.2 Å². The molecule has 130 valence electrons. The van der Waals surface area contributed by atoms with E-state index in [1.54, 1.807) is 7.11 Å². The molecule has 0 unspecified atom stereocenters. The number of Topliss-reactive ketones (excluding diaryl/α,β-unsaturated/α-hetero) is 1. The molecule has 0 aromatic carbocycles. The van der Waals surface area contributed by atoms with Crippen molar-refractivity contribution < 1.29 is 14.3 Å². The van der Waals surface area contributed by atoms with Crippen molar-refractivity contribution in [3.63, 3.8) is 0 Å². The van der Waals surface area contributed by atoms with Crippen LogP contribution in [0.3, 0.4) is 0 Å². The summed E-state index contributed by atoms with van der Waals surface area (Å²) in [7, 11) is 1.59. The van der Waals surface area contributed by atoms with E-state index in [0.717, 1.165) is 18.9 Å². The number of nitrogens with zero attached hydrogens (tertiary/aromatic N) is 4. The zero-order chi connectivity index (χ0) is 17.1. The van der Waals surface area contributed by atoms with Gasteiger partial charge in [-0.15, -0.1) is 0 Å². The Morgan fingerprint density at radius 1 is 1.17 bits per heavy atom. The Balaban J connectivity index is 1.58. The van der Waals surface area contributed by atoms with Gasteiger partial charge < -0.3 is 14.5 Å². The molecule has 2 aliphatic rings. The number of aromatic nitrogens is 2. The second kappa shape index (κ2) is 7.15. The Bertz CT molecular complexity index is 616. The number of piperazine rings is 1. The van der Waals surface area contributed by atoms with Crippen LogP contribution in [0.25, 0.3) is 0 Å². The minimum Gasteiger partial charge on any atom is -0.481 e. The van der Waals surface area contributed by atoms with Crippen molar-refractivity contribution in [2.24, 2.45) is 5.92 Å².